The third kappa shape index (κ3) is 1.93. The molecule has 0 amide bonds. The zero-order chi connectivity index (χ0) is 9.26. The van der Waals surface area contributed by atoms with Gasteiger partial charge in [0.1, 0.15) is 0 Å². The fraction of sp³-hybridized carbons (Fsp3) is 0.375. The molecule has 0 radical (unpaired) electrons. The van der Waals surface area contributed by atoms with E-state index in [-0.39, 0.29) is 5.69 Å². The molecule has 5 nitrogen and oxygen atoms in total. The van der Waals surface area contributed by atoms with Crippen LogP contribution >= 0.6 is 0 Å². The van der Waals surface area contributed by atoms with Crippen molar-refractivity contribution in [2.24, 2.45) is 0 Å². The minimum atomic E-state index is -0.419. The second kappa shape index (κ2) is 3.01. The van der Waals surface area contributed by atoms with Crippen molar-refractivity contribution in [3.8, 4) is 0 Å². The number of hydrogen-bond donors (Lipinski definition) is 1. The third-order valence-corrected chi connectivity index (χ3v) is 1.94. The predicted octanol–water partition coefficient (Wildman–Crippen LogP) is 0.983. The Hall–Kier alpha value is -1.65. The Labute approximate surface area is 74.9 Å². The van der Waals surface area contributed by atoms with Crippen LogP contribution in [0.25, 0.3) is 0 Å². The van der Waals surface area contributed by atoms with Crippen LogP contribution in [0.5, 0.6) is 0 Å². The summed E-state index contributed by atoms with van der Waals surface area (Å²) in [6.45, 7) is 0. The maximum absolute atomic E-state index is 10.3. The van der Waals surface area contributed by atoms with Crippen molar-refractivity contribution < 1.29 is 9.91 Å². The average Bonchev–Trinajstić information content (AvgIpc) is 2.89. The molecule has 1 aromatic heterocycles. The maximum Gasteiger partial charge on any atom is 0.308 e. The molecule has 1 aliphatic rings. The van der Waals surface area contributed by atoms with Gasteiger partial charge in [0.2, 0.25) is 0 Å². The van der Waals surface area contributed by atoms with Gasteiger partial charge in [0.15, 0.2) is 6.20 Å². The Morgan fingerprint density at radius 1 is 1.54 bits per heavy atom. The summed E-state index contributed by atoms with van der Waals surface area (Å²) in [7, 11) is 0. The van der Waals surface area contributed by atoms with E-state index in [9.17, 15) is 10.1 Å². The zero-order valence-electron chi connectivity index (χ0n) is 6.99. The van der Waals surface area contributed by atoms with Gasteiger partial charge in [-0.15, -0.1) is 0 Å². The number of anilines is 1. The molecule has 1 aliphatic carbocycles. The van der Waals surface area contributed by atoms with Crippen LogP contribution in [0.15, 0.2) is 18.3 Å². The Kier molecular flexibility index (Phi) is 1.84. The first-order chi connectivity index (χ1) is 6.25. The second-order valence-corrected chi connectivity index (χ2v) is 3.14. The molecule has 13 heavy (non-hydrogen) atoms. The van der Waals surface area contributed by atoms with Crippen molar-refractivity contribution >= 4 is 11.5 Å². The molecule has 0 aromatic carbocycles. The molecule has 1 saturated carbocycles. The lowest BCUT2D eigenvalue weighted by atomic mass is 10.4. The van der Waals surface area contributed by atoms with E-state index in [0.29, 0.717) is 6.04 Å². The molecule has 0 saturated heterocycles. The van der Waals surface area contributed by atoms with Gasteiger partial charge in [0.05, 0.1) is 11.0 Å². The van der Waals surface area contributed by atoms with Crippen LogP contribution in [0.1, 0.15) is 12.8 Å². The van der Waals surface area contributed by atoms with E-state index in [1.165, 1.54) is 25.1 Å². The van der Waals surface area contributed by atoms with Crippen molar-refractivity contribution in [3.63, 3.8) is 0 Å². The summed E-state index contributed by atoms with van der Waals surface area (Å²) < 4.78 is 0. The molecular weight excluding hydrogens is 170 g/mol. The van der Waals surface area contributed by atoms with Crippen LogP contribution in [0, 0.1) is 10.1 Å². The smallest absolute Gasteiger partial charge is 0.272 e. The first-order valence-corrected chi connectivity index (χ1v) is 4.18. The minimum absolute atomic E-state index is 0.0846. The minimum Gasteiger partial charge on any atom is -0.272 e. The lowest BCUT2D eigenvalue weighted by molar-refractivity contribution is -0.413. The van der Waals surface area contributed by atoms with Crippen molar-refractivity contribution in [1.82, 2.24) is 0 Å². The zero-order valence-corrected chi connectivity index (χ0v) is 6.99. The van der Waals surface area contributed by atoms with E-state index in [2.05, 4.69) is 10.3 Å². The Morgan fingerprint density at radius 3 is 2.77 bits per heavy atom. The Balaban J connectivity index is 2.08. The molecule has 0 bridgehead atoms. The number of rotatable bonds is 3. The number of aromatic amines is 1. The predicted molar refractivity (Wildman–Crippen MR) is 46.3 cm³/mol. The molecular formula is C8H10N3O2+. The highest BCUT2D eigenvalue weighted by Crippen LogP contribution is 2.22. The number of H-pyrrole nitrogens is 1. The summed E-state index contributed by atoms with van der Waals surface area (Å²) in [5, 5.41) is 13.5. The highest BCUT2D eigenvalue weighted by molar-refractivity contribution is 5.36. The van der Waals surface area contributed by atoms with Gasteiger partial charge in [-0.3, -0.25) is 15.4 Å². The quantitative estimate of drug-likeness (QED) is 0.556. The first kappa shape index (κ1) is 7.97. The SMILES string of the molecule is O=[N+]([O-])c1ccc(NC2CC2)[nH+]c1. The lowest BCUT2D eigenvalue weighted by Crippen LogP contribution is -2.14. The summed E-state index contributed by atoms with van der Waals surface area (Å²) in [5.41, 5.74) is 0.0846. The van der Waals surface area contributed by atoms with Crippen LogP contribution < -0.4 is 10.3 Å². The summed E-state index contributed by atoms with van der Waals surface area (Å²) in [6.07, 6.45) is 3.76. The number of hydrogen-bond acceptors (Lipinski definition) is 3. The van der Waals surface area contributed by atoms with Gasteiger partial charge in [-0.1, -0.05) is 0 Å². The fourth-order valence-corrected chi connectivity index (χ4v) is 1.07. The lowest BCUT2D eigenvalue weighted by Gasteiger charge is -1.94. The van der Waals surface area contributed by atoms with E-state index in [0.717, 1.165) is 5.82 Å². The van der Waals surface area contributed by atoms with Gasteiger partial charge in [-0.25, -0.2) is 4.98 Å². The van der Waals surface area contributed by atoms with Gasteiger partial charge in [0.25, 0.3) is 5.82 Å². The van der Waals surface area contributed by atoms with Gasteiger partial charge in [-0.05, 0) is 12.8 Å². The molecule has 0 unspecified atom stereocenters. The molecule has 0 atom stereocenters. The van der Waals surface area contributed by atoms with Crippen LogP contribution in [0.4, 0.5) is 11.5 Å². The Morgan fingerprint density at radius 2 is 2.31 bits per heavy atom. The Bertz CT molecular complexity index is 319. The molecule has 0 spiro atoms. The first-order valence-electron chi connectivity index (χ1n) is 4.18. The molecule has 0 aliphatic heterocycles. The molecule has 68 valence electrons. The molecule has 1 heterocycles. The van der Waals surface area contributed by atoms with Crippen LogP contribution in [-0.2, 0) is 0 Å². The maximum atomic E-state index is 10.3. The molecule has 1 aromatic rings. The normalized spacial score (nSPS) is 15.4. The number of nitrogens with one attached hydrogen (secondary N) is 2. The van der Waals surface area contributed by atoms with Crippen molar-refractivity contribution in [1.29, 1.82) is 0 Å². The fourth-order valence-electron chi connectivity index (χ4n) is 1.07. The van der Waals surface area contributed by atoms with Crippen molar-refractivity contribution in [2.45, 2.75) is 18.9 Å². The highest BCUT2D eigenvalue weighted by Gasteiger charge is 2.26. The van der Waals surface area contributed by atoms with E-state index in [1.807, 2.05) is 0 Å². The van der Waals surface area contributed by atoms with Gasteiger partial charge < -0.3 is 0 Å². The van der Waals surface area contributed by atoms with Gasteiger partial charge in [-0.2, -0.15) is 0 Å². The number of pyridine rings is 1. The highest BCUT2D eigenvalue weighted by atomic mass is 16.6. The van der Waals surface area contributed by atoms with Crippen molar-refractivity contribution in [3.05, 3.63) is 28.4 Å². The van der Waals surface area contributed by atoms with Crippen LogP contribution in [0.3, 0.4) is 0 Å². The van der Waals surface area contributed by atoms with Crippen molar-refractivity contribution in [2.75, 3.05) is 5.32 Å². The average molecular weight is 180 g/mol. The number of nitrogens with zero attached hydrogens (tertiary/aromatic N) is 1. The van der Waals surface area contributed by atoms with E-state index in [4.69, 9.17) is 0 Å². The third-order valence-electron chi connectivity index (χ3n) is 1.94. The summed E-state index contributed by atoms with van der Waals surface area (Å²) >= 11 is 0. The summed E-state index contributed by atoms with van der Waals surface area (Å²) in [6, 6.07) is 3.73. The summed E-state index contributed by atoms with van der Waals surface area (Å²) in [5.74, 6) is 0.841. The van der Waals surface area contributed by atoms with E-state index < -0.39 is 4.92 Å². The van der Waals surface area contributed by atoms with Crippen LogP contribution in [-0.4, -0.2) is 11.0 Å². The summed E-state index contributed by atoms with van der Waals surface area (Å²) in [4.78, 5) is 12.7. The number of aromatic nitrogens is 1. The number of nitro groups is 1. The van der Waals surface area contributed by atoms with Crippen LogP contribution in [0.2, 0.25) is 0 Å². The molecule has 2 rings (SSSR count). The van der Waals surface area contributed by atoms with E-state index >= 15 is 0 Å². The molecule has 2 N–H and O–H groups in total. The van der Waals surface area contributed by atoms with Gasteiger partial charge in [0, 0.05) is 12.1 Å². The van der Waals surface area contributed by atoms with E-state index in [1.54, 1.807) is 6.07 Å². The second-order valence-electron chi connectivity index (χ2n) is 3.14. The van der Waals surface area contributed by atoms with Gasteiger partial charge >= 0.3 is 5.69 Å². The largest absolute Gasteiger partial charge is 0.308 e. The molecule has 1 fully saturated rings. The molecule has 5 heteroatoms. The standard InChI is InChI=1S/C8H9N3O2/c12-11(13)7-3-4-8(9-5-7)10-6-1-2-6/h3-6H,1-2H2,(H,9,10)/p+1. The monoisotopic (exact) mass is 180 g/mol. The topological polar surface area (TPSA) is 69.3 Å².